The van der Waals surface area contributed by atoms with E-state index in [1.807, 2.05) is 31.2 Å². The molecular weight excluding hydrogens is 415 g/mol. The van der Waals surface area contributed by atoms with Crippen LogP contribution in [0.15, 0.2) is 47.6 Å². The molecule has 0 saturated heterocycles. The minimum Gasteiger partial charge on any atom is -0.481 e. The Kier molecular flexibility index (Phi) is 6.76. The largest absolute Gasteiger partial charge is 0.481 e. The summed E-state index contributed by atoms with van der Waals surface area (Å²) in [5, 5.41) is 11.9. The number of carbonyl (C=O) groups excluding carboxylic acids is 1. The molecule has 6 nitrogen and oxygen atoms in total. The maximum absolute atomic E-state index is 13.2. The number of aryl methyl sites for hydroxylation is 1. The van der Waals surface area contributed by atoms with Gasteiger partial charge in [-0.05, 0) is 44.2 Å². The summed E-state index contributed by atoms with van der Waals surface area (Å²) in [5.41, 5.74) is 1.88. The van der Waals surface area contributed by atoms with E-state index in [2.05, 4.69) is 15.5 Å². The molecule has 0 fully saturated rings. The van der Waals surface area contributed by atoms with Crippen molar-refractivity contribution in [2.75, 3.05) is 11.1 Å². The molecule has 1 heterocycles. The molecule has 0 radical (unpaired) electrons. The van der Waals surface area contributed by atoms with Crippen molar-refractivity contribution < 1.29 is 13.9 Å². The molecule has 1 aromatic heterocycles. The van der Waals surface area contributed by atoms with Crippen molar-refractivity contribution in [3.63, 3.8) is 0 Å². The van der Waals surface area contributed by atoms with Gasteiger partial charge in [0.15, 0.2) is 17.1 Å². The molecule has 1 amide bonds. The second-order valence-electron chi connectivity index (χ2n) is 6.44. The topological polar surface area (TPSA) is 69.0 Å². The summed E-state index contributed by atoms with van der Waals surface area (Å²) in [4.78, 5) is 12.2. The average molecular weight is 435 g/mol. The Labute approximate surface area is 177 Å². The first kappa shape index (κ1) is 21.1. The van der Waals surface area contributed by atoms with Crippen molar-refractivity contribution in [3.05, 3.63) is 64.7 Å². The molecule has 9 heteroatoms. The van der Waals surface area contributed by atoms with Crippen LogP contribution in [0, 0.1) is 12.7 Å². The number of benzene rings is 2. The predicted octanol–water partition coefficient (Wildman–Crippen LogP) is 4.79. The fraction of sp³-hybridized carbons (Fsp3) is 0.250. The molecule has 29 heavy (non-hydrogen) atoms. The molecule has 0 bridgehead atoms. The number of aromatic nitrogens is 3. The van der Waals surface area contributed by atoms with Gasteiger partial charge in [-0.1, -0.05) is 41.1 Å². The Hall–Kier alpha value is -2.58. The van der Waals surface area contributed by atoms with E-state index in [-0.39, 0.29) is 16.7 Å². The number of ether oxygens (including phenoxy) is 1. The predicted molar refractivity (Wildman–Crippen MR) is 112 cm³/mol. The van der Waals surface area contributed by atoms with Gasteiger partial charge in [0.2, 0.25) is 5.91 Å². The molecule has 0 aliphatic rings. The van der Waals surface area contributed by atoms with E-state index in [1.54, 1.807) is 18.5 Å². The van der Waals surface area contributed by atoms with Gasteiger partial charge in [-0.15, -0.1) is 10.2 Å². The SMILES string of the molecule is Cc1ccc(NC(=O)CSc2nnc(C(C)Oc3ccc(F)cc3Cl)n2C)cc1. The summed E-state index contributed by atoms with van der Waals surface area (Å²) < 4.78 is 20.7. The number of nitrogens with one attached hydrogen (secondary N) is 1. The van der Waals surface area contributed by atoms with Crippen LogP contribution in [0.4, 0.5) is 10.1 Å². The van der Waals surface area contributed by atoms with Gasteiger partial charge in [0.25, 0.3) is 0 Å². The molecule has 1 N–H and O–H groups in total. The van der Waals surface area contributed by atoms with Crippen LogP contribution in [0.1, 0.15) is 24.4 Å². The molecule has 0 spiro atoms. The number of hydrogen-bond acceptors (Lipinski definition) is 5. The van der Waals surface area contributed by atoms with Crippen LogP contribution in [0.3, 0.4) is 0 Å². The number of halogens is 2. The van der Waals surface area contributed by atoms with Crippen molar-refractivity contribution >= 4 is 35.0 Å². The van der Waals surface area contributed by atoms with Crippen LogP contribution in [0.5, 0.6) is 5.75 Å². The maximum Gasteiger partial charge on any atom is 0.234 e. The van der Waals surface area contributed by atoms with Gasteiger partial charge in [0, 0.05) is 12.7 Å². The smallest absolute Gasteiger partial charge is 0.234 e. The Morgan fingerprint density at radius 1 is 1.28 bits per heavy atom. The molecule has 2 aromatic carbocycles. The van der Waals surface area contributed by atoms with E-state index in [4.69, 9.17) is 16.3 Å². The molecule has 152 valence electrons. The van der Waals surface area contributed by atoms with Gasteiger partial charge < -0.3 is 14.6 Å². The third kappa shape index (κ3) is 5.48. The number of thioether (sulfide) groups is 1. The third-order valence-electron chi connectivity index (χ3n) is 4.10. The Morgan fingerprint density at radius 3 is 2.69 bits per heavy atom. The Balaban J connectivity index is 1.59. The number of anilines is 1. The highest BCUT2D eigenvalue weighted by Gasteiger charge is 2.19. The summed E-state index contributed by atoms with van der Waals surface area (Å²) in [6.07, 6.45) is -0.466. The lowest BCUT2D eigenvalue weighted by atomic mass is 10.2. The lowest BCUT2D eigenvalue weighted by Gasteiger charge is -2.15. The highest BCUT2D eigenvalue weighted by Crippen LogP contribution is 2.30. The van der Waals surface area contributed by atoms with E-state index in [0.717, 1.165) is 11.3 Å². The zero-order valence-corrected chi connectivity index (χ0v) is 17.7. The number of hydrogen-bond donors (Lipinski definition) is 1. The first-order valence-corrected chi connectivity index (χ1v) is 10.2. The standard InChI is InChI=1S/C20H20ClFN4O2S/c1-12-4-7-15(8-5-12)23-18(27)11-29-20-25-24-19(26(20)3)13(2)28-17-9-6-14(22)10-16(17)21/h4-10,13H,11H2,1-3H3,(H,23,27). The van der Waals surface area contributed by atoms with E-state index >= 15 is 0 Å². The molecule has 1 unspecified atom stereocenters. The fourth-order valence-electron chi connectivity index (χ4n) is 2.58. The van der Waals surface area contributed by atoms with Crippen LogP contribution < -0.4 is 10.1 Å². The van der Waals surface area contributed by atoms with E-state index in [0.29, 0.717) is 16.7 Å². The summed E-state index contributed by atoms with van der Waals surface area (Å²) in [6, 6.07) is 11.5. The Morgan fingerprint density at radius 2 is 2.00 bits per heavy atom. The molecule has 3 aromatic rings. The lowest BCUT2D eigenvalue weighted by Crippen LogP contribution is -2.14. The normalized spacial score (nSPS) is 11.9. The van der Waals surface area contributed by atoms with Crippen LogP contribution >= 0.6 is 23.4 Å². The number of carbonyl (C=O) groups is 1. The van der Waals surface area contributed by atoms with Crippen LogP contribution in [0.2, 0.25) is 5.02 Å². The zero-order valence-electron chi connectivity index (χ0n) is 16.1. The summed E-state index contributed by atoms with van der Waals surface area (Å²) in [5.74, 6) is 0.544. The van der Waals surface area contributed by atoms with E-state index < -0.39 is 11.9 Å². The van der Waals surface area contributed by atoms with Crippen molar-refractivity contribution in [1.82, 2.24) is 14.8 Å². The number of amides is 1. The molecule has 0 saturated carbocycles. The average Bonchev–Trinajstić information content (AvgIpc) is 3.05. The second-order valence-corrected chi connectivity index (χ2v) is 7.79. The van der Waals surface area contributed by atoms with Gasteiger partial charge in [-0.3, -0.25) is 4.79 Å². The van der Waals surface area contributed by atoms with Crippen molar-refractivity contribution in [3.8, 4) is 5.75 Å². The van der Waals surface area contributed by atoms with Gasteiger partial charge in [0.1, 0.15) is 11.6 Å². The highest BCUT2D eigenvalue weighted by atomic mass is 35.5. The fourth-order valence-corrected chi connectivity index (χ4v) is 3.51. The van der Waals surface area contributed by atoms with Gasteiger partial charge in [-0.25, -0.2) is 4.39 Å². The summed E-state index contributed by atoms with van der Waals surface area (Å²) >= 11 is 7.28. The van der Waals surface area contributed by atoms with Gasteiger partial charge in [-0.2, -0.15) is 0 Å². The molecule has 0 aliphatic carbocycles. The maximum atomic E-state index is 13.2. The molecule has 0 aliphatic heterocycles. The van der Waals surface area contributed by atoms with Crippen molar-refractivity contribution in [2.45, 2.75) is 25.1 Å². The Bertz CT molecular complexity index is 1010. The minimum atomic E-state index is -0.466. The minimum absolute atomic E-state index is 0.134. The lowest BCUT2D eigenvalue weighted by molar-refractivity contribution is -0.113. The van der Waals surface area contributed by atoms with Crippen LogP contribution in [0.25, 0.3) is 0 Å². The number of rotatable bonds is 7. The highest BCUT2D eigenvalue weighted by molar-refractivity contribution is 7.99. The van der Waals surface area contributed by atoms with Crippen molar-refractivity contribution in [1.29, 1.82) is 0 Å². The first-order chi connectivity index (χ1) is 13.8. The summed E-state index contributed by atoms with van der Waals surface area (Å²) in [6.45, 7) is 3.78. The monoisotopic (exact) mass is 434 g/mol. The molecule has 1 atom stereocenters. The van der Waals surface area contributed by atoms with Crippen LogP contribution in [-0.2, 0) is 11.8 Å². The quantitative estimate of drug-likeness (QED) is 0.541. The molecule has 3 rings (SSSR count). The first-order valence-electron chi connectivity index (χ1n) is 8.84. The van der Waals surface area contributed by atoms with Gasteiger partial charge >= 0.3 is 0 Å². The van der Waals surface area contributed by atoms with Crippen LogP contribution in [-0.4, -0.2) is 26.4 Å². The second kappa shape index (κ2) is 9.28. The zero-order chi connectivity index (χ0) is 21.0. The third-order valence-corrected chi connectivity index (χ3v) is 5.41. The van der Waals surface area contributed by atoms with Crippen molar-refractivity contribution in [2.24, 2.45) is 7.05 Å². The number of nitrogens with zero attached hydrogens (tertiary/aromatic N) is 3. The summed E-state index contributed by atoms with van der Waals surface area (Å²) in [7, 11) is 1.79. The molecular formula is C20H20ClFN4O2S. The van der Waals surface area contributed by atoms with E-state index in [1.165, 1.54) is 30.0 Å². The van der Waals surface area contributed by atoms with Gasteiger partial charge in [0.05, 0.1) is 10.8 Å². The van der Waals surface area contributed by atoms with E-state index in [9.17, 15) is 9.18 Å².